The third kappa shape index (κ3) is 3.12. The quantitative estimate of drug-likeness (QED) is 0.890. The highest BCUT2D eigenvalue weighted by Gasteiger charge is 2.31. The molecular weight excluding hydrogens is 280 g/mol. The Labute approximate surface area is 124 Å². The van der Waals surface area contributed by atoms with Gasteiger partial charge in [0.1, 0.15) is 0 Å². The van der Waals surface area contributed by atoms with Crippen LogP contribution in [0.4, 0.5) is 0 Å². The number of piperidine rings is 1. The average molecular weight is 301 g/mol. The summed E-state index contributed by atoms with van der Waals surface area (Å²) in [5, 5.41) is 7.10. The molecule has 0 bridgehead atoms. The van der Waals surface area contributed by atoms with Crippen molar-refractivity contribution < 1.29 is 9.32 Å². The Balaban J connectivity index is 0.00000147. The van der Waals surface area contributed by atoms with Gasteiger partial charge >= 0.3 is 0 Å². The minimum atomic E-state index is 0. The van der Waals surface area contributed by atoms with Gasteiger partial charge in [0.25, 0.3) is 0 Å². The zero-order valence-electron chi connectivity index (χ0n) is 11.7. The van der Waals surface area contributed by atoms with E-state index in [4.69, 9.17) is 4.52 Å². The number of rotatable bonds is 2. The van der Waals surface area contributed by atoms with Crippen LogP contribution in [0.2, 0.25) is 0 Å². The molecule has 3 rings (SSSR count). The second-order valence-electron chi connectivity index (χ2n) is 5.43. The first-order valence-electron chi connectivity index (χ1n) is 7.06. The minimum absolute atomic E-state index is 0. The Morgan fingerprint density at radius 3 is 2.65 bits per heavy atom. The molecule has 1 amide bonds. The number of nitrogens with one attached hydrogen (secondary N) is 1. The van der Waals surface area contributed by atoms with Gasteiger partial charge in [0.2, 0.25) is 11.8 Å². The molecule has 7 heteroatoms. The highest BCUT2D eigenvalue weighted by molar-refractivity contribution is 5.85. The van der Waals surface area contributed by atoms with Gasteiger partial charge in [-0.1, -0.05) is 5.16 Å². The zero-order chi connectivity index (χ0) is 13.2. The molecule has 0 aromatic carbocycles. The van der Waals surface area contributed by atoms with Crippen molar-refractivity contribution >= 4 is 18.3 Å². The Morgan fingerprint density at radius 2 is 2.10 bits per heavy atom. The summed E-state index contributed by atoms with van der Waals surface area (Å²) in [6.07, 6.45) is 3.91. The van der Waals surface area contributed by atoms with Crippen LogP contribution in [0, 0.1) is 6.92 Å². The Kier molecular flexibility index (Phi) is 4.99. The van der Waals surface area contributed by atoms with E-state index in [0.717, 1.165) is 51.2 Å². The van der Waals surface area contributed by atoms with E-state index in [1.165, 1.54) is 0 Å². The molecule has 1 unspecified atom stereocenters. The van der Waals surface area contributed by atoms with Crippen LogP contribution in [0.5, 0.6) is 0 Å². The SMILES string of the molecule is Cc1noc(C2CCN(C(=O)C3CCCN3)CC2)n1.Cl. The maximum absolute atomic E-state index is 12.3. The van der Waals surface area contributed by atoms with Crippen LogP contribution >= 0.6 is 12.4 Å². The van der Waals surface area contributed by atoms with Gasteiger partial charge < -0.3 is 14.7 Å². The van der Waals surface area contributed by atoms with Crippen molar-refractivity contribution in [1.82, 2.24) is 20.4 Å². The second kappa shape index (κ2) is 6.54. The molecular formula is C13H21ClN4O2. The summed E-state index contributed by atoms with van der Waals surface area (Å²) >= 11 is 0. The molecule has 112 valence electrons. The van der Waals surface area contributed by atoms with E-state index in [2.05, 4.69) is 15.5 Å². The van der Waals surface area contributed by atoms with Gasteiger partial charge in [-0.3, -0.25) is 4.79 Å². The summed E-state index contributed by atoms with van der Waals surface area (Å²) in [7, 11) is 0. The van der Waals surface area contributed by atoms with E-state index < -0.39 is 0 Å². The number of nitrogens with zero attached hydrogens (tertiary/aromatic N) is 3. The number of carbonyl (C=O) groups excluding carboxylic acids is 1. The van der Waals surface area contributed by atoms with Gasteiger partial charge in [0, 0.05) is 19.0 Å². The topological polar surface area (TPSA) is 71.3 Å². The Hall–Kier alpha value is -1.14. The zero-order valence-corrected chi connectivity index (χ0v) is 12.5. The lowest BCUT2D eigenvalue weighted by atomic mass is 9.96. The summed E-state index contributed by atoms with van der Waals surface area (Å²) in [4.78, 5) is 18.5. The first-order chi connectivity index (χ1) is 9.24. The first-order valence-corrected chi connectivity index (χ1v) is 7.06. The standard InChI is InChI=1S/C13H20N4O2.ClH/c1-9-15-12(19-16-9)10-4-7-17(8-5-10)13(18)11-3-2-6-14-11;/h10-11,14H,2-8H2,1H3;1H. The van der Waals surface area contributed by atoms with E-state index in [9.17, 15) is 4.79 Å². The molecule has 0 spiro atoms. The van der Waals surface area contributed by atoms with Crippen molar-refractivity contribution in [3.63, 3.8) is 0 Å². The monoisotopic (exact) mass is 300 g/mol. The molecule has 1 atom stereocenters. The first kappa shape index (κ1) is 15.3. The lowest BCUT2D eigenvalue weighted by Gasteiger charge is -2.32. The van der Waals surface area contributed by atoms with Crippen molar-refractivity contribution in [1.29, 1.82) is 0 Å². The summed E-state index contributed by atoms with van der Waals surface area (Å²) in [6.45, 7) is 4.39. The number of likely N-dealkylation sites (tertiary alicyclic amines) is 1. The number of carbonyl (C=O) groups is 1. The maximum Gasteiger partial charge on any atom is 0.239 e. The Morgan fingerprint density at radius 1 is 1.35 bits per heavy atom. The predicted molar refractivity (Wildman–Crippen MR) is 75.9 cm³/mol. The van der Waals surface area contributed by atoms with Gasteiger partial charge in [0.05, 0.1) is 6.04 Å². The molecule has 1 aromatic rings. The lowest BCUT2D eigenvalue weighted by Crippen LogP contribution is -2.46. The van der Waals surface area contributed by atoms with Crippen molar-refractivity contribution in [3.05, 3.63) is 11.7 Å². The number of hydrogen-bond acceptors (Lipinski definition) is 5. The fourth-order valence-electron chi connectivity index (χ4n) is 2.94. The molecule has 1 N–H and O–H groups in total. The number of hydrogen-bond donors (Lipinski definition) is 1. The molecule has 20 heavy (non-hydrogen) atoms. The predicted octanol–water partition coefficient (Wildman–Crippen LogP) is 1.26. The molecule has 2 fully saturated rings. The third-order valence-corrected chi connectivity index (χ3v) is 4.06. The van der Waals surface area contributed by atoms with Gasteiger partial charge in [-0.2, -0.15) is 4.98 Å². The fraction of sp³-hybridized carbons (Fsp3) is 0.769. The fourth-order valence-corrected chi connectivity index (χ4v) is 2.94. The van der Waals surface area contributed by atoms with Crippen LogP contribution in [0.25, 0.3) is 0 Å². The number of halogens is 1. The number of aromatic nitrogens is 2. The van der Waals surface area contributed by atoms with E-state index in [1.807, 2.05) is 11.8 Å². The second-order valence-corrected chi connectivity index (χ2v) is 5.43. The number of amides is 1. The van der Waals surface area contributed by atoms with Crippen LogP contribution in [-0.2, 0) is 4.79 Å². The van der Waals surface area contributed by atoms with E-state index in [-0.39, 0.29) is 24.4 Å². The smallest absolute Gasteiger partial charge is 0.239 e. The van der Waals surface area contributed by atoms with Crippen molar-refractivity contribution in [2.75, 3.05) is 19.6 Å². The molecule has 6 nitrogen and oxygen atoms in total. The maximum atomic E-state index is 12.3. The molecule has 2 saturated heterocycles. The number of aryl methyl sites for hydroxylation is 1. The van der Waals surface area contributed by atoms with Crippen LogP contribution in [-0.4, -0.2) is 46.6 Å². The van der Waals surface area contributed by atoms with Crippen molar-refractivity contribution in [2.45, 2.75) is 44.6 Å². The van der Waals surface area contributed by atoms with Crippen molar-refractivity contribution in [2.24, 2.45) is 0 Å². The van der Waals surface area contributed by atoms with Gasteiger partial charge in [0.15, 0.2) is 5.82 Å². The Bertz CT molecular complexity index is 451. The summed E-state index contributed by atoms with van der Waals surface area (Å²) < 4.78 is 5.22. The highest BCUT2D eigenvalue weighted by Crippen LogP contribution is 2.27. The highest BCUT2D eigenvalue weighted by atomic mass is 35.5. The molecule has 0 radical (unpaired) electrons. The van der Waals surface area contributed by atoms with Gasteiger partial charge in [-0.15, -0.1) is 12.4 Å². The molecule has 0 aliphatic carbocycles. The van der Waals surface area contributed by atoms with Crippen LogP contribution in [0.3, 0.4) is 0 Å². The average Bonchev–Trinajstić information content (AvgIpc) is 3.09. The summed E-state index contributed by atoms with van der Waals surface area (Å²) in [6, 6.07) is 0.0437. The molecule has 2 aliphatic heterocycles. The van der Waals surface area contributed by atoms with E-state index in [0.29, 0.717) is 11.7 Å². The van der Waals surface area contributed by atoms with Gasteiger partial charge in [-0.05, 0) is 39.2 Å². The molecule has 3 heterocycles. The van der Waals surface area contributed by atoms with E-state index >= 15 is 0 Å². The summed E-state index contributed by atoms with van der Waals surface area (Å²) in [5.74, 6) is 1.98. The van der Waals surface area contributed by atoms with Gasteiger partial charge in [-0.25, -0.2) is 0 Å². The molecule has 1 aromatic heterocycles. The molecule has 2 aliphatic rings. The van der Waals surface area contributed by atoms with E-state index in [1.54, 1.807) is 0 Å². The van der Waals surface area contributed by atoms with Crippen LogP contribution < -0.4 is 5.32 Å². The molecule has 0 saturated carbocycles. The minimum Gasteiger partial charge on any atom is -0.341 e. The summed E-state index contributed by atoms with van der Waals surface area (Å²) in [5.41, 5.74) is 0. The van der Waals surface area contributed by atoms with Crippen LogP contribution in [0.1, 0.15) is 43.3 Å². The third-order valence-electron chi connectivity index (χ3n) is 4.06. The van der Waals surface area contributed by atoms with Crippen LogP contribution in [0.15, 0.2) is 4.52 Å². The lowest BCUT2D eigenvalue weighted by molar-refractivity contribution is -0.134. The normalized spacial score (nSPS) is 23.6. The largest absolute Gasteiger partial charge is 0.341 e. The van der Waals surface area contributed by atoms with Crippen molar-refractivity contribution in [3.8, 4) is 0 Å².